The number of halogens is 2. The lowest BCUT2D eigenvalue weighted by atomic mass is 9.77. The van der Waals surface area contributed by atoms with Crippen LogP contribution in [0.5, 0.6) is 5.75 Å². The summed E-state index contributed by atoms with van der Waals surface area (Å²) in [5, 5.41) is 0. The second kappa shape index (κ2) is 9.25. The second-order valence-corrected chi connectivity index (χ2v) is 10.4. The zero-order valence-corrected chi connectivity index (χ0v) is 20.4. The van der Waals surface area contributed by atoms with E-state index in [1.54, 1.807) is 12.0 Å². The fourth-order valence-electron chi connectivity index (χ4n) is 6.14. The summed E-state index contributed by atoms with van der Waals surface area (Å²) >= 11 is 0. The Balaban J connectivity index is 1.22. The van der Waals surface area contributed by atoms with Gasteiger partial charge < -0.3 is 14.5 Å². The Labute approximate surface area is 205 Å². The molecule has 0 bridgehead atoms. The van der Waals surface area contributed by atoms with Crippen LogP contribution in [0, 0.1) is 29.9 Å². The summed E-state index contributed by atoms with van der Waals surface area (Å²) in [5.74, 6) is -1.15. The van der Waals surface area contributed by atoms with Gasteiger partial charge >= 0.3 is 0 Å². The number of carbonyl (C=O) groups is 2. The molecule has 2 aromatic carbocycles. The largest absolute Gasteiger partial charge is 0.496 e. The molecule has 5 rings (SSSR count). The quantitative estimate of drug-likeness (QED) is 0.646. The van der Waals surface area contributed by atoms with Gasteiger partial charge in [-0.1, -0.05) is 18.2 Å². The lowest BCUT2D eigenvalue weighted by molar-refractivity contribution is -0.135. The third kappa shape index (κ3) is 4.30. The number of likely N-dealkylation sites (tertiary alicyclic amines) is 2. The van der Waals surface area contributed by atoms with E-state index in [9.17, 15) is 18.4 Å². The van der Waals surface area contributed by atoms with E-state index < -0.39 is 23.1 Å². The summed E-state index contributed by atoms with van der Waals surface area (Å²) in [4.78, 5) is 29.9. The van der Waals surface area contributed by atoms with Crippen molar-refractivity contribution in [1.29, 1.82) is 0 Å². The van der Waals surface area contributed by atoms with Crippen LogP contribution in [0.3, 0.4) is 0 Å². The summed E-state index contributed by atoms with van der Waals surface area (Å²) in [6, 6.07) is 8.57. The number of nitrogens with zero attached hydrogens (tertiary/aromatic N) is 2. The van der Waals surface area contributed by atoms with Crippen LogP contribution >= 0.6 is 0 Å². The number of piperidine rings is 1. The molecule has 186 valence electrons. The van der Waals surface area contributed by atoms with Crippen molar-refractivity contribution in [1.82, 2.24) is 9.80 Å². The minimum atomic E-state index is -0.818. The molecule has 2 fully saturated rings. The predicted octanol–water partition coefficient (Wildman–Crippen LogP) is 4.54. The Kier molecular flexibility index (Phi) is 6.28. The normalized spacial score (nSPS) is 21.2. The molecule has 2 saturated heterocycles. The van der Waals surface area contributed by atoms with Gasteiger partial charge in [-0.2, -0.15) is 0 Å². The van der Waals surface area contributed by atoms with Crippen molar-refractivity contribution in [2.45, 2.75) is 45.4 Å². The van der Waals surface area contributed by atoms with E-state index in [0.717, 1.165) is 56.0 Å². The van der Waals surface area contributed by atoms with Gasteiger partial charge in [0, 0.05) is 32.1 Å². The summed E-state index contributed by atoms with van der Waals surface area (Å²) < 4.78 is 34.3. The highest BCUT2D eigenvalue weighted by atomic mass is 19.1. The number of carbonyl (C=O) groups excluding carboxylic acids is 2. The predicted molar refractivity (Wildman–Crippen MR) is 128 cm³/mol. The molecule has 0 aromatic heterocycles. The van der Waals surface area contributed by atoms with E-state index in [1.165, 1.54) is 18.6 Å². The topological polar surface area (TPSA) is 49.9 Å². The molecule has 1 spiro atoms. The third-order valence-electron chi connectivity index (χ3n) is 8.37. The number of hydrogen-bond acceptors (Lipinski definition) is 3. The van der Waals surface area contributed by atoms with E-state index in [0.29, 0.717) is 26.1 Å². The van der Waals surface area contributed by atoms with Crippen LogP contribution in [-0.4, -0.2) is 54.9 Å². The van der Waals surface area contributed by atoms with Crippen LogP contribution in [0.25, 0.3) is 0 Å². The number of rotatable bonds is 3. The standard InChI is InChI=1S/C28H32F2N2O3/c1-18-6-9-22(29)24(25(18)30)27(34)31-13-10-28(11-14-31)12-15-32(17-28)26(33)20-8-7-19-4-3-5-23(35-2)21(19)16-20/h3-6,9,20H,7-8,10-17H2,1-2H3. The van der Waals surface area contributed by atoms with Crippen LogP contribution in [0.1, 0.15) is 52.7 Å². The first-order chi connectivity index (χ1) is 16.8. The first-order valence-electron chi connectivity index (χ1n) is 12.5. The molecule has 2 aliphatic heterocycles. The fourth-order valence-corrected chi connectivity index (χ4v) is 6.14. The summed E-state index contributed by atoms with van der Waals surface area (Å²) in [7, 11) is 1.67. The molecule has 2 amide bonds. The molecule has 1 aliphatic carbocycles. The van der Waals surface area contributed by atoms with Crippen molar-refractivity contribution in [3.8, 4) is 5.75 Å². The molecule has 1 unspecified atom stereocenters. The molecule has 5 nitrogen and oxygen atoms in total. The van der Waals surface area contributed by atoms with Crippen molar-refractivity contribution in [2.24, 2.45) is 11.3 Å². The van der Waals surface area contributed by atoms with Crippen molar-refractivity contribution in [3.05, 3.63) is 64.2 Å². The van der Waals surface area contributed by atoms with Crippen molar-refractivity contribution in [3.63, 3.8) is 0 Å². The Morgan fingerprint density at radius 3 is 2.46 bits per heavy atom. The Bertz CT molecular complexity index is 1140. The zero-order valence-electron chi connectivity index (χ0n) is 20.4. The summed E-state index contributed by atoms with van der Waals surface area (Å²) in [5.41, 5.74) is 2.19. The van der Waals surface area contributed by atoms with Gasteiger partial charge in [0.1, 0.15) is 22.9 Å². The van der Waals surface area contributed by atoms with Gasteiger partial charge in [-0.05, 0) is 79.7 Å². The van der Waals surface area contributed by atoms with Gasteiger partial charge in [-0.3, -0.25) is 9.59 Å². The molecule has 2 aromatic rings. The van der Waals surface area contributed by atoms with Crippen molar-refractivity contribution >= 4 is 11.8 Å². The second-order valence-electron chi connectivity index (χ2n) is 10.4. The zero-order chi connectivity index (χ0) is 24.7. The van der Waals surface area contributed by atoms with E-state index in [-0.39, 0.29) is 22.8 Å². The monoisotopic (exact) mass is 482 g/mol. The molecular formula is C28H32F2N2O3. The first kappa shape index (κ1) is 23.8. The lowest BCUT2D eigenvalue weighted by Gasteiger charge is -2.39. The smallest absolute Gasteiger partial charge is 0.259 e. The fraction of sp³-hybridized carbons (Fsp3) is 0.500. The number of methoxy groups -OCH3 is 1. The van der Waals surface area contributed by atoms with Crippen LogP contribution in [0.15, 0.2) is 30.3 Å². The van der Waals surface area contributed by atoms with Gasteiger partial charge in [0.05, 0.1) is 7.11 Å². The number of benzene rings is 2. The number of ether oxygens (including phenoxy) is 1. The SMILES string of the molecule is COc1cccc2c1CC(C(=O)N1CCC3(CCN(C(=O)c4c(F)ccc(C)c4F)CC3)C1)CC2. The molecule has 1 atom stereocenters. The highest BCUT2D eigenvalue weighted by Crippen LogP contribution is 2.42. The van der Waals surface area contributed by atoms with Gasteiger partial charge in [0.15, 0.2) is 0 Å². The van der Waals surface area contributed by atoms with Crippen LogP contribution in [-0.2, 0) is 17.6 Å². The van der Waals surface area contributed by atoms with Crippen LogP contribution in [0.2, 0.25) is 0 Å². The number of hydrogen-bond donors (Lipinski definition) is 0. The Morgan fingerprint density at radius 1 is 1.03 bits per heavy atom. The van der Waals surface area contributed by atoms with Gasteiger partial charge in [0.25, 0.3) is 5.91 Å². The number of amides is 2. The lowest BCUT2D eigenvalue weighted by Crippen LogP contribution is -2.45. The average Bonchev–Trinajstić information content (AvgIpc) is 3.29. The Morgan fingerprint density at radius 2 is 1.74 bits per heavy atom. The number of aryl methyl sites for hydroxylation is 2. The number of fused-ring (bicyclic) bond motifs is 1. The van der Waals surface area contributed by atoms with E-state index >= 15 is 0 Å². The molecule has 0 N–H and O–H groups in total. The first-order valence-corrected chi connectivity index (χ1v) is 12.5. The minimum Gasteiger partial charge on any atom is -0.496 e. The van der Waals surface area contributed by atoms with E-state index in [1.807, 2.05) is 17.0 Å². The summed E-state index contributed by atoms with van der Waals surface area (Å²) in [6.45, 7) is 3.84. The van der Waals surface area contributed by atoms with Gasteiger partial charge in [-0.25, -0.2) is 8.78 Å². The molecule has 3 aliphatic rings. The molecule has 2 heterocycles. The molecule has 7 heteroatoms. The summed E-state index contributed by atoms with van der Waals surface area (Å²) in [6.07, 6.45) is 4.80. The van der Waals surface area contributed by atoms with Crippen LogP contribution in [0.4, 0.5) is 8.78 Å². The maximum atomic E-state index is 14.5. The highest BCUT2D eigenvalue weighted by molar-refractivity contribution is 5.95. The molecule has 0 saturated carbocycles. The van der Waals surface area contributed by atoms with Gasteiger partial charge in [0.2, 0.25) is 5.91 Å². The molecule has 35 heavy (non-hydrogen) atoms. The van der Waals surface area contributed by atoms with Gasteiger partial charge in [-0.15, -0.1) is 0 Å². The average molecular weight is 483 g/mol. The molecular weight excluding hydrogens is 450 g/mol. The maximum Gasteiger partial charge on any atom is 0.259 e. The maximum absolute atomic E-state index is 14.5. The highest BCUT2D eigenvalue weighted by Gasteiger charge is 2.44. The third-order valence-corrected chi connectivity index (χ3v) is 8.37. The van der Waals surface area contributed by atoms with E-state index in [4.69, 9.17) is 4.74 Å². The minimum absolute atomic E-state index is 0.0274. The van der Waals surface area contributed by atoms with Crippen LogP contribution < -0.4 is 4.74 Å². The van der Waals surface area contributed by atoms with Crippen molar-refractivity contribution < 1.29 is 23.1 Å². The van der Waals surface area contributed by atoms with Crippen molar-refractivity contribution in [2.75, 3.05) is 33.3 Å². The molecule has 0 radical (unpaired) electrons. The Hall–Kier alpha value is -2.96. The van der Waals surface area contributed by atoms with E-state index in [2.05, 4.69) is 6.07 Å².